The van der Waals surface area contributed by atoms with Crippen LogP contribution in [0.15, 0.2) is 23.4 Å². The van der Waals surface area contributed by atoms with Gasteiger partial charge in [0.1, 0.15) is 0 Å². The monoisotopic (exact) mass is 134 g/mol. The molecule has 0 saturated carbocycles. The van der Waals surface area contributed by atoms with Crippen LogP contribution in [0.2, 0.25) is 0 Å². The smallest absolute Gasteiger partial charge is 0.0736 e. The van der Waals surface area contributed by atoms with Crippen molar-refractivity contribution < 1.29 is 5.21 Å². The maximum Gasteiger partial charge on any atom is 0.0736 e. The number of rotatable bonds is 1. The Morgan fingerprint density at radius 2 is 2.50 bits per heavy atom. The Balaban J connectivity index is 3.03. The molecule has 0 aliphatic rings. The van der Waals surface area contributed by atoms with Gasteiger partial charge in [0.15, 0.2) is 0 Å². The highest BCUT2D eigenvalue weighted by molar-refractivity contribution is 5.80. The molecule has 1 rings (SSSR count). The van der Waals surface area contributed by atoms with Crippen LogP contribution < -0.4 is 0 Å². The summed E-state index contributed by atoms with van der Waals surface area (Å²) in [7, 11) is 0. The Kier molecular flexibility index (Phi) is 2.05. The lowest BCUT2D eigenvalue weighted by Gasteiger charge is -1.94. The molecule has 1 aromatic rings. The minimum Gasteiger partial charge on any atom is -0.411 e. The average Bonchev–Trinajstić information content (AvgIpc) is 1.94. The van der Waals surface area contributed by atoms with Gasteiger partial charge in [0.05, 0.1) is 6.21 Å². The molecule has 0 bridgehead atoms. The van der Waals surface area contributed by atoms with Crippen LogP contribution in [0.25, 0.3) is 0 Å². The van der Waals surface area contributed by atoms with E-state index in [9.17, 15) is 0 Å². The van der Waals surface area contributed by atoms with Crippen LogP contribution in [0.4, 0.5) is 0 Å². The van der Waals surface area contributed by atoms with Crippen molar-refractivity contribution in [2.24, 2.45) is 5.16 Å². The van der Waals surface area contributed by atoms with E-state index in [0.29, 0.717) is 0 Å². The highest BCUT2D eigenvalue weighted by Gasteiger charge is 1.90. The minimum absolute atomic E-state index is 0.894. The molecule has 0 fully saturated rings. The highest BCUT2D eigenvalue weighted by Crippen LogP contribution is 2.02. The molecule has 0 aliphatic heterocycles. The van der Waals surface area contributed by atoms with Crippen LogP contribution in [-0.4, -0.2) is 11.4 Å². The maximum atomic E-state index is 8.20. The van der Waals surface area contributed by atoms with Crippen molar-refractivity contribution in [3.05, 3.63) is 35.4 Å². The molecule has 2 nitrogen and oxygen atoms in total. The zero-order chi connectivity index (χ0) is 7.40. The highest BCUT2D eigenvalue weighted by atomic mass is 16.4. The van der Waals surface area contributed by atoms with Crippen LogP contribution in [0.3, 0.4) is 0 Å². The van der Waals surface area contributed by atoms with E-state index in [-0.39, 0.29) is 0 Å². The second-order valence-electron chi connectivity index (χ2n) is 2.03. The number of benzene rings is 1. The fourth-order valence-electron chi connectivity index (χ4n) is 0.722. The predicted octanol–water partition coefficient (Wildman–Crippen LogP) is 1.60. The zero-order valence-electron chi connectivity index (χ0n) is 5.70. The molecule has 51 valence electrons. The second kappa shape index (κ2) is 3.01. The molecular weight excluding hydrogens is 126 g/mol. The van der Waals surface area contributed by atoms with Gasteiger partial charge in [-0.15, -0.1) is 0 Å². The first-order chi connectivity index (χ1) is 4.84. The van der Waals surface area contributed by atoms with Crippen molar-refractivity contribution in [2.75, 3.05) is 0 Å². The molecule has 0 saturated heterocycles. The van der Waals surface area contributed by atoms with E-state index in [1.165, 1.54) is 6.21 Å². The molecule has 0 atom stereocenters. The Bertz CT molecular complexity index is 243. The standard InChI is InChI=1S/C8H8NO/c1-7-4-2-3-5-8(7)6-9-10/h2,4-6,10H,1H3. The van der Waals surface area contributed by atoms with Gasteiger partial charge in [-0.2, -0.15) is 0 Å². The summed E-state index contributed by atoms with van der Waals surface area (Å²) in [5, 5.41) is 11.1. The van der Waals surface area contributed by atoms with Gasteiger partial charge in [-0.3, -0.25) is 0 Å². The summed E-state index contributed by atoms with van der Waals surface area (Å²) in [5.41, 5.74) is 1.97. The fourth-order valence-corrected chi connectivity index (χ4v) is 0.722. The molecule has 0 heterocycles. The van der Waals surface area contributed by atoms with Gasteiger partial charge in [-0.05, 0) is 30.2 Å². The SMILES string of the molecule is Cc1cc[c]cc1C=NO. The van der Waals surface area contributed by atoms with Crippen LogP contribution in [0.5, 0.6) is 0 Å². The van der Waals surface area contributed by atoms with Gasteiger partial charge in [-0.1, -0.05) is 17.3 Å². The first kappa shape index (κ1) is 6.81. The van der Waals surface area contributed by atoms with Gasteiger partial charge in [0.2, 0.25) is 0 Å². The van der Waals surface area contributed by atoms with E-state index < -0.39 is 0 Å². The largest absolute Gasteiger partial charge is 0.411 e. The summed E-state index contributed by atoms with van der Waals surface area (Å²) in [5.74, 6) is 0. The predicted molar refractivity (Wildman–Crippen MR) is 39.4 cm³/mol. The third-order valence-electron chi connectivity index (χ3n) is 1.32. The van der Waals surface area contributed by atoms with Crippen molar-refractivity contribution in [1.29, 1.82) is 0 Å². The van der Waals surface area contributed by atoms with Gasteiger partial charge >= 0.3 is 0 Å². The molecule has 0 aliphatic carbocycles. The molecule has 1 N–H and O–H groups in total. The normalized spacial score (nSPS) is 10.5. The molecule has 0 spiro atoms. The van der Waals surface area contributed by atoms with Gasteiger partial charge in [-0.25, -0.2) is 0 Å². The molecule has 2 heteroatoms. The Labute approximate surface area is 59.8 Å². The maximum absolute atomic E-state index is 8.20. The first-order valence-electron chi connectivity index (χ1n) is 2.98. The fraction of sp³-hybridized carbons (Fsp3) is 0.125. The van der Waals surface area contributed by atoms with E-state index in [0.717, 1.165) is 11.1 Å². The number of nitrogens with zero attached hydrogens (tertiary/aromatic N) is 1. The summed E-state index contributed by atoms with van der Waals surface area (Å²) in [4.78, 5) is 0. The topological polar surface area (TPSA) is 32.6 Å². The van der Waals surface area contributed by atoms with E-state index in [1.807, 2.05) is 19.1 Å². The number of hydrogen-bond donors (Lipinski definition) is 1. The lowest BCUT2D eigenvalue weighted by atomic mass is 10.1. The number of hydrogen-bond acceptors (Lipinski definition) is 2. The van der Waals surface area contributed by atoms with Gasteiger partial charge in [0, 0.05) is 0 Å². The average molecular weight is 134 g/mol. The van der Waals surface area contributed by atoms with Crippen LogP contribution in [0.1, 0.15) is 11.1 Å². The first-order valence-corrected chi connectivity index (χ1v) is 2.98. The van der Waals surface area contributed by atoms with Crippen molar-refractivity contribution >= 4 is 6.21 Å². The second-order valence-corrected chi connectivity index (χ2v) is 2.03. The summed E-state index contributed by atoms with van der Waals surface area (Å²) in [6, 6.07) is 8.39. The summed E-state index contributed by atoms with van der Waals surface area (Å²) in [6.07, 6.45) is 1.39. The Morgan fingerprint density at radius 1 is 1.70 bits per heavy atom. The van der Waals surface area contributed by atoms with Crippen LogP contribution in [-0.2, 0) is 0 Å². The summed E-state index contributed by atoms with van der Waals surface area (Å²) in [6.45, 7) is 1.95. The van der Waals surface area contributed by atoms with Gasteiger partial charge in [0.25, 0.3) is 0 Å². The molecular formula is C8H8NO. The quantitative estimate of drug-likeness (QED) is 0.353. The molecule has 1 radical (unpaired) electrons. The molecule has 0 aromatic heterocycles. The van der Waals surface area contributed by atoms with Crippen molar-refractivity contribution in [3.63, 3.8) is 0 Å². The minimum atomic E-state index is 0.894. The Morgan fingerprint density at radius 3 is 3.10 bits per heavy atom. The third-order valence-corrected chi connectivity index (χ3v) is 1.32. The van der Waals surface area contributed by atoms with Crippen molar-refractivity contribution in [1.82, 2.24) is 0 Å². The molecule has 0 unspecified atom stereocenters. The van der Waals surface area contributed by atoms with E-state index in [1.54, 1.807) is 6.07 Å². The van der Waals surface area contributed by atoms with Gasteiger partial charge < -0.3 is 5.21 Å². The lowest BCUT2D eigenvalue weighted by Crippen LogP contribution is -1.84. The van der Waals surface area contributed by atoms with Crippen LogP contribution in [0, 0.1) is 13.0 Å². The summed E-state index contributed by atoms with van der Waals surface area (Å²) >= 11 is 0. The zero-order valence-corrected chi connectivity index (χ0v) is 5.70. The van der Waals surface area contributed by atoms with E-state index in [4.69, 9.17) is 5.21 Å². The third kappa shape index (κ3) is 1.35. The Hall–Kier alpha value is -1.31. The lowest BCUT2D eigenvalue weighted by molar-refractivity contribution is 0.322. The summed E-state index contributed by atoms with van der Waals surface area (Å²) < 4.78 is 0. The van der Waals surface area contributed by atoms with Crippen LogP contribution >= 0.6 is 0 Å². The molecule has 10 heavy (non-hydrogen) atoms. The van der Waals surface area contributed by atoms with E-state index in [2.05, 4.69) is 11.2 Å². The van der Waals surface area contributed by atoms with E-state index >= 15 is 0 Å². The van der Waals surface area contributed by atoms with Crippen molar-refractivity contribution in [2.45, 2.75) is 6.92 Å². The molecule has 1 aromatic carbocycles. The number of oxime groups is 1. The number of aryl methyl sites for hydroxylation is 1. The molecule has 0 amide bonds. The van der Waals surface area contributed by atoms with Crippen molar-refractivity contribution in [3.8, 4) is 0 Å².